The number of nitrogens with zero attached hydrogens (tertiary/aromatic N) is 2. The Hall–Kier alpha value is -5.27. The van der Waals surface area contributed by atoms with Gasteiger partial charge in [-0.1, -0.05) is 24.1 Å². The van der Waals surface area contributed by atoms with Crippen LogP contribution in [0.2, 0.25) is 0 Å². The number of aryl methyl sites for hydroxylation is 1. The maximum atomic E-state index is 14.9. The first-order valence-corrected chi connectivity index (χ1v) is 16.7. The van der Waals surface area contributed by atoms with Crippen LogP contribution in [0.5, 0.6) is 0 Å². The summed E-state index contributed by atoms with van der Waals surface area (Å²) in [5.41, 5.74) is 7.44. The van der Waals surface area contributed by atoms with Crippen LogP contribution in [0.15, 0.2) is 64.8 Å². The van der Waals surface area contributed by atoms with E-state index in [9.17, 15) is 45.4 Å². The normalized spacial score (nSPS) is 19.8. The molecule has 1 heterocycles. The van der Waals surface area contributed by atoms with Gasteiger partial charge < -0.3 is 27.2 Å². The number of aromatic nitrogens is 1. The van der Waals surface area contributed by atoms with Gasteiger partial charge in [-0.3, -0.25) is 14.6 Å². The van der Waals surface area contributed by atoms with Gasteiger partial charge in [0.2, 0.25) is 12.3 Å². The summed E-state index contributed by atoms with van der Waals surface area (Å²) in [6.07, 6.45) is -4.64. The monoisotopic (exact) mass is 758 g/mol. The van der Waals surface area contributed by atoms with Crippen molar-refractivity contribution in [1.82, 2.24) is 15.6 Å². The summed E-state index contributed by atoms with van der Waals surface area (Å²) in [5.74, 6) is -1.46. The molecule has 1 unspecified atom stereocenters. The SMILES string of the molecule is Cc1cc(-c2ccc(C#CC(C)(C)O)nc2C(Cc2cc(F)cc(F)c2)NC(=O)CN=C2C(=C(N)C(F)(F)F)[C@@H](N)CC2(F)F)ccc1C1(NC=O)CC1. The highest BCUT2D eigenvalue weighted by Crippen LogP contribution is 2.47. The van der Waals surface area contributed by atoms with Gasteiger partial charge in [-0.2, -0.15) is 22.0 Å². The summed E-state index contributed by atoms with van der Waals surface area (Å²) in [7, 11) is 0. The van der Waals surface area contributed by atoms with Crippen LogP contribution in [0.1, 0.15) is 67.2 Å². The van der Waals surface area contributed by atoms with Crippen molar-refractivity contribution in [3.05, 3.63) is 99.5 Å². The predicted octanol–water partition coefficient (Wildman–Crippen LogP) is 5.18. The van der Waals surface area contributed by atoms with Crippen LogP contribution in [-0.4, -0.2) is 58.4 Å². The van der Waals surface area contributed by atoms with Gasteiger partial charge in [-0.05, 0) is 92.5 Å². The van der Waals surface area contributed by atoms with Crippen molar-refractivity contribution in [2.24, 2.45) is 16.5 Å². The average Bonchev–Trinajstić information content (AvgIpc) is 3.78. The third-order valence-corrected chi connectivity index (χ3v) is 9.01. The number of hydrogen-bond donors (Lipinski definition) is 5. The number of nitrogens with one attached hydrogen (secondary N) is 2. The number of halogens is 7. The van der Waals surface area contributed by atoms with E-state index in [1.165, 1.54) is 13.8 Å². The molecular formula is C38H37F7N6O3. The number of aliphatic imine (C=N–C) groups is 1. The van der Waals surface area contributed by atoms with E-state index < -0.39 is 82.8 Å². The van der Waals surface area contributed by atoms with Crippen LogP contribution in [0.3, 0.4) is 0 Å². The molecule has 2 atom stereocenters. The van der Waals surface area contributed by atoms with Gasteiger partial charge >= 0.3 is 6.18 Å². The molecule has 2 saturated carbocycles. The summed E-state index contributed by atoms with van der Waals surface area (Å²) in [6, 6.07) is 8.20. The number of amides is 2. The lowest BCUT2D eigenvalue weighted by Gasteiger charge is -2.23. The molecule has 0 aliphatic heterocycles. The molecule has 0 spiro atoms. The first-order valence-electron chi connectivity index (χ1n) is 16.7. The van der Waals surface area contributed by atoms with Crippen molar-refractivity contribution < 1.29 is 45.4 Å². The number of allylic oxidation sites excluding steroid dienone is 1. The highest BCUT2D eigenvalue weighted by molar-refractivity contribution is 6.10. The molecule has 5 rings (SSSR count). The molecule has 54 heavy (non-hydrogen) atoms. The maximum Gasteiger partial charge on any atom is 0.431 e. The highest BCUT2D eigenvalue weighted by Gasteiger charge is 2.52. The molecule has 9 nitrogen and oxygen atoms in total. The van der Waals surface area contributed by atoms with E-state index in [1.54, 1.807) is 18.2 Å². The first kappa shape index (κ1) is 39.9. The largest absolute Gasteiger partial charge is 0.431 e. The molecule has 0 radical (unpaired) electrons. The number of benzene rings is 2. The van der Waals surface area contributed by atoms with Crippen LogP contribution in [-0.2, 0) is 21.5 Å². The second-order valence-electron chi connectivity index (χ2n) is 13.9. The van der Waals surface area contributed by atoms with Gasteiger partial charge in [0.05, 0.1) is 17.3 Å². The van der Waals surface area contributed by atoms with E-state index in [0.29, 0.717) is 23.6 Å². The third kappa shape index (κ3) is 9.08. The molecule has 3 aromatic rings. The van der Waals surface area contributed by atoms with Crippen molar-refractivity contribution in [3.8, 4) is 23.0 Å². The minimum absolute atomic E-state index is 0.0588. The van der Waals surface area contributed by atoms with Crippen molar-refractivity contribution in [3.63, 3.8) is 0 Å². The predicted molar refractivity (Wildman–Crippen MR) is 186 cm³/mol. The molecule has 2 amide bonds. The van der Waals surface area contributed by atoms with Gasteiger partial charge in [0, 0.05) is 29.7 Å². The molecule has 2 fully saturated rings. The zero-order valence-electron chi connectivity index (χ0n) is 29.3. The van der Waals surface area contributed by atoms with Crippen molar-refractivity contribution in [2.45, 2.75) is 81.8 Å². The topological polar surface area (TPSA) is 156 Å². The van der Waals surface area contributed by atoms with E-state index in [-0.39, 0.29) is 23.4 Å². The lowest BCUT2D eigenvalue weighted by Crippen LogP contribution is -2.34. The van der Waals surface area contributed by atoms with Crippen LogP contribution >= 0.6 is 0 Å². The average molecular weight is 759 g/mol. The number of hydrogen-bond acceptors (Lipinski definition) is 7. The number of nitrogens with two attached hydrogens (primary N) is 2. The van der Waals surface area contributed by atoms with E-state index in [4.69, 9.17) is 11.5 Å². The molecular weight excluding hydrogens is 721 g/mol. The Bertz CT molecular complexity index is 2070. The minimum Gasteiger partial charge on any atom is -0.394 e. The smallest absolute Gasteiger partial charge is 0.394 e. The fourth-order valence-corrected chi connectivity index (χ4v) is 6.47. The molecule has 7 N–H and O–H groups in total. The van der Waals surface area contributed by atoms with E-state index in [1.807, 2.05) is 19.1 Å². The second-order valence-corrected chi connectivity index (χ2v) is 13.9. The van der Waals surface area contributed by atoms with Gasteiger partial charge in [-0.25, -0.2) is 13.8 Å². The molecule has 2 aromatic carbocycles. The fourth-order valence-electron chi connectivity index (χ4n) is 6.47. The highest BCUT2D eigenvalue weighted by atomic mass is 19.4. The molecule has 0 saturated heterocycles. The number of aliphatic hydroxyl groups is 1. The zero-order valence-corrected chi connectivity index (χ0v) is 29.3. The lowest BCUT2D eigenvalue weighted by molar-refractivity contribution is -0.120. The van der Waals surface area contributed by atoms with Crippen molar-refractivity contribution >= 4 is 18.0 Å². The van der Waals surface area contributed by atoms with Crippen molar-refractivity contribution in [1.29, 1.82) is 0 Å². The third-order valence-electron chi connectivity index (χ3n) is 9.01. The Kier molecular flexibility index (Phi) is 11.0. The standard InChI is InChI=1S/C38H37F7N6O3/c1-20-12-22(4-7-27(20)36(10-11-36)49-19-52)26-6-5-25(8-9-35(2,3)54)50-32(26)29(15-21-13-23(39)16-24(40)14-21)51-30(53)18-48-34-31(33(47)38(43,44)45)28(46)17-37(34,41)42/h4-7,12-14,16,19,28-29,54H,10-11,15,17-18,46-47H2,1-3H3,(H,49,52)(H,51,53)/t28-,29?/m0/s1. The zero-order chi connectivity index (χ0) is 39.8. The summed E-state index contributed by atoms with van der Waals surface area (Å²) in [6.45, 7) is 3.62. The maximum absolute atomic E-state index is 14.9. The second kappa shape index (κ2) is 14.9. The Balaban J connectivity index is 1.61. The Morgan fingerprint density at radius 2 is 1.78 bits per heavy atom. The molecule has 286 valence electrons. The molecule has 2 aliphatic rings. The molecule has 1 aromatic heterocycles. The van der Waals surface area contributed by atoms with Gasteiger partial charge in [0.15, 0.2) is 0 Å². The Labute approximate surface area is 306 Å². The fraction of sp³-hybridized carbons (Fsp3) is 0.368. The van der Waals surface area contributed by atoms with Gasteiger partial charge in [-0.15, -0.1) is 0 Å². The Morgan fingerprint density at radius 3 is 2.35 bits per heavy atom. The number of carbonyl (C=O) groups is 2. The first-order chi connectivity index (χ1) is 25.1. The summed E-state index contributed by atoms with van der Waals surface area (Å²) in [5, 5.41) is 15.7. The summed E-state index contributed by atoms with van der Waals surface area (Å²) in [4.78, 5) is 33.0. The quantitative estimate of drug-likeness (QED) is 0.109. The number of rotatable bonds is 10. The van der Waals surface area contributed by atoms with Gasteiger partial charge in [0.1, 0.15) is 40.9 Å². The van der Waals surface area contributed by atoms with Crippen LogP contribution < -0.4 is 22.1 Å². The summed E-state index contributed by atoms with van der Waals surface area (Å²) >= 11 is 0. The van der Waals surface area contributed by atoms with Crippen molar-refractivity contribution in [2.75, 3.05) is 6.54 Å². The lowest BCUT2D eigenvalue weighted by atomic mass is 9.91. The van der Waals surface area contributed by atoms with Crippen LogP contribution in [0.4, 0.5) is 30.7 Å². The van der Waals surface area contributed by atoms with Crippen LogP contribution in [0.25, 0.3) is 11.1 Å². The molecule has 16 heteroatoms. The van der Waals surface area contributed by atoms with E-state index >= 15 is 0 Å². The number of carbonyl (C=O) groups excluding carboxylic acids is 2. The van der Waals surface area contributed by atoms with Crippen LogP contribution in [0, 0.1) is 30.4 Å². The van der Waals surface area contributed by atoms with E-state index in [2.05, 4.69) is 32.5 Å². The number of alkyl halides is 5. The molecule has 2 aliphatic carbocycles. The van der Waals surface area contributed by atoms with E-state index in [0.717, 1.165) is 36.1 Å². The number of pyridine rings is 1. The Morgan fingerprint density at radius 1 is 1.11 bits per heavy atom. The minimum atomic E-state index is -5.20. The molecule has 0 bridgehead atoms. The van der Waals surface area contributed by atoms with Gasteiger partial charge in [0.25, 0.3) is 5.92 Å². The summed E-state index contributed by atoms with van der Waals surface area (Å²) < 4.78 is 99.0.